The number of aliphatic hydroxyl groups is 1. The minimum Gasteiger partial charge on any atom is -0.497 e. The predicted molar refractivity (Wildman–Crippen MR) is 123 cm³/mol. The Kier molecular flexibility index (Phi) is 6.57. The molecule has 1 atom stereocenters. The van der Waals surface area contributed by atoms with Crippen LogP contribution in [-0.4, -0.2) is 67.0 Å². The molecule has 0 saturated carbocycles. The number of aromatic amines is 1. The lowest BCUT2D eigenvalue weighted by Gasteiger charge is -2.38. The Morgan fingerprint density at radius 3 is 2.71 bits per heavy atom. The highest BCUT2D eigenvalue weighted by molar-refractivity contribution is 6.43. The number of amides is 1. The third-order valence-corrected chi connectivity index (χ3v) is 6.33. The molecule has 3 aromatic rings. The molecular weight excluding hydrogens is 439 g/mol. The minimum absolute atomic E-state index is 0.134. The van der Waals surface area contributed by atoms with Gasteiger partial charge in [0, 0.05) is 37.1 Å². The number of aromatic nitrogens is 1. The van der Waals surface area contributed by atoms with Gasteiger partial charge in [-0.05, 0) is 36.4 Å². The lowest BCUT2D eigenvalue weighted by molar-refractivity contribution is 0.00188. The molecule has 0 radical (unpaired) electrons. The average Bonchev–Trinajstić information content (AvgIpc) is 3.22. The molecule has 1 aromatic heterocycles. The number of ether oxygens (including phenoxy) is 1. The molecule has 9 heteroatoms. The molecule has 1 unspecified atom stereocenters. The zero-order valence-electron chi connectivity index (χ0n) is 17.1. The largest absolute Gasteiger partial charge is 0.497 e. The number of hydrogen-bond donors (Lipinski definition) is 3. The van der Waals surface area contributed by atoms with Crippen LogP contribution in [0, 0.1) is 0 Å². The Hall–Kier alpha value is -2.45. The number of halogens is 2. The molecule has 3 N–H and O–H groups in total. The summed E-state index contributed by atoms with van der Waals surface area (Å²) in [6, 6.07) is 12.9. The van der Waals surface area contributed by atoms with Gasteiger partial charge in [0.15, 0.2) is 0 Å². The second-order valence-electron chi connectivity index (χ2n) is 7.42. The molecule has 0 bridgehead atoms. The van der Waals surface area contributed by atoms with E-state index in [2.05, 4.69) is 15.2 Å². The van der Waals surface area contributed by atoms with Crippen LogP contribution >= 0.6 is 23.2 Å². The number of rotatable bonds is 6. The number of aliphatic hydroxyl groups excluding tert-OH is 1. The van der Waals surface area contributed by atoms with Crippen molar-refractivity contribution in [3.63, 3.8) is 0 Å². The number of carbonyl (C=O) groups is 1. The van der Waals surface area contributed by atoms with Crippen molar-refractivity contribution >= 4 is 45.7 Å². The molecule has 1 aliphatic heterocycles. The number of methoxy groups -OCH3 is 1. The number of carbonyl (C=O) groups excluding carboxylic acids is 1. The van der Waals surface area contributed by atoms with E-state index in [0.29, 0.717) is 41.9 Å². The van der Waals surface area contributed by atoms with E-state index >= 15 is 0 Å². The highest BCUT2D eigenvalue weighted by atomic mass is 35.5. The Labute approximate surface area is 190 Å². The highest BCUT2D eigenvalue weighted by Gasteiger charge is 2.24. The van der Waals surface area contributed by atoms with Crippen molar-refractivity contribution in [3.05, 3.63) is 58.2 Å². The maximum absolute atomic E-state index is 12.5. The summed E-state index contributed by atoms with van der Waals surface area (Å²) in [5.41, 5.74) is 2.19. The number of piperazine rings is 1. The van der Waals surface area contributed by atoms with Gasteiger partial charge < -0.3 is 25.0 Å². The summed E-state index contributed by atoms with van der Waals surface area (Å²) in [7, 11) is 1.60. The van der Waals surface area contributed by atoms with Gasteiger partial charge in [0.1, 0.15) is 17.7 Å². The van der Waals surface area contributed by atoms with Crippen LogP contribution in [0.15, 0.2) is 42.5 Å². The number of hydrogen-bond acceptors (Lipinski definition) is 5. The lowest BCUT2D eigenvalue weighted by Crippen LogP contribution is -2.53. The summed E-state index contributed by atoms with van der Waals surface area (Å²) < 4.78 is 5.22. The van der Waals surface area contributed by atoms with Gasteiger partial charge in [-0.2, -0.15) is 0 Å². The van der Waals surface area contributed by atoms with Crippen molar-refractivity contribution in [2.45, 2.75) is 6.23 Å². The van der Waals surface area contributed by atoms with E-state index in [9.17, 15) is 9.90 Å². The molecule has 164 valence electrons. The van der Waals surface area contributed by atoms with Crippen LogP contribution in [0.4, 0.5) is 5.69 Å². The summed E-state index contributed by atoms with van der Waals surface area (Å²) in [5, 5.41) is 15.3. The monoisotopic (exact) mass is 462 g/mol. The third kappa shape index (κ3) is 4.75. The van der Waals surface area contributed by atoms with Crippen LogP contribution in [0.3, 0.4) is 0 Å². The van der Waals surface area contributed by atoms with E-state index in [1.54, 1.807) is 19.2 Å². The topological polar surface area (TPSA) is 80.8 Å². The zero-order chi connectivity index (χ0) is 22.0. The molecule has 7 nitrogen and oxygen atoms in total. The van der Waals surface area contributed by atoms with Crippen LogP contribution in [0.1, 0.15) is 10.5 Å². The molecular formula is C22H24Cl2N4O3. The number of benzene rings is 2. The summed E-state index contributed by atoms with van der Waals surface area (Å²) in [4.78, 5) is 19.7. The maximum Gasteiger partial charge on any atom is 0.267 e. The van der Waals surface area contributed by atoms with E-state index in [1.807, 2.05) is 35.2 Å². The van der Waals surface area contributed by atoms with Gasteiger partial charge in [0.25, 0.3) is 5.91 Å². The van der Waals surface area contributed by atoms with Gasteiger partial charge in [-0.3, -0.25) is 9.69 Å². The van der Waals surface area contributed by atoms with Crippen LogP contribution in [0.2, 0.25) is 10.0 Å². The van der Waals surface area contributed by atoms with E-state index in [-0.39, 0.29) is 12.5 Å². The average molecular weight is 463 g/mol. The van der Waals surface area contributed by atoms with Crippen molar-refractivity contribution in [2.24, 2.45) is 0 Å². The normalized spacial score (nSPS) is 15.8. The number of H-pyrrole nitrogens is 1. The molecule has 2 heterocycles. The Morgan fingerprint density at radius 1 is 1.19 bits per heavy atom. The zero-order valence-corrected chi connectivity index (χ0v) is 18.6. The van der Waals surface area contributed by atoms with Crippen molar-refractivity contribution in [3.8, 4) is 5.75 Å². The standard InChI is InChI=1S/C22H24Cl2N4O3/c1-31-15-5-6-17-14(11-15)12-18(26-17)22(30)25-13-20(29)28-9-7-27(8-10-28)19-4-2-3-16(23)21(19)24/h2-6,11-12,20,26,29H,7-10,13H2,1H3,(H,25,30). The van der Waals surface area contributed by atoms with Crippen molar-refractivity contribution in [1.82, 2.24) is 15.2 Å². The second-order valence-corrected chi connectivity index (χ2v) is 8.21. The van der Waals surface area contributed by atoms with Crippen molar-refractivity contribution < 1.29 is 14.6 Å². The number of nitrogens with zero attached hydrogens (tertiary/aromatic N) is 2. The summed E-state index contributed by atoms with van der Waals surface area (Å²) >= 11 is 12.4. The Bertz CT molecular complexity index is 1080. The van der Waals surface area contributed by atoms with E-state index in [1.165, 1.54) is 0 Å². The SMILES string of the molecule is COc1ccc2[nH]c(C(=O)NCC(O)N3CCN(c4cccc(Cl)c4Cl)CC3)cc2c1. The summed E-state index contributed by atoms with van der Waals surface area (Å²) in [6.45, 7) is 2.83. The first kappa shape index (κ1) is 21.8. The van der Waals surface area contributed by atoms with Crippen LogP contribution < -0.4 is 15.0 Å². The summed E-state index contributed by atoms with van der Waals surface area (Å²) in [6.07, 6.45) is -0.773. The van der Waals surface area contributed by atoms with Crippen LogP contribution in [0.25, 0.3) is 10.9 Å². The van der Waals surface area contributed by atoms with Gasteiger partial charge in [-0.1, -0.05) is 29.3 Å². The smallest absolute Gasteiger partial charge is 0.267 e. The number of fused-ring (bicyclic) bond motifs is 1. The van der Waals surface area contributed by atoms with Crippen molar-refractivity contribution in [2.75, 3.05) is 44.7 Å². The first-order valence-electron chi connectivity index (χ1n) is 10.0. The second kappa shape index (κ2) is 9.36. The van der Waals surface area contributed by atoms with Crippen LogP contribution in [-0.2, 0) is 0 Å². The molecule has 1 fully saturated rings. The maximum atomic E-state index is 12.5. The molecule has 2 aromatic carbocycles. The number of anilines is 1. The van der Waals surface area contributed by atoms with E-state index in [4.69, 9.17) is 27.9 Å². The van der Waals surface area contributed by atoms with Gasteiger partial charge >= 0.3 is 0 Å². The van der Waals surface area contributed by atoms with Crippen molar-refractivity contribution in [1.29, 1.82) is 0 Å². The quantitative estimate of drug-likeness (QED) is 0.523. The molecule has 4 rings (SSSR count). The molecule has 1 amide bonds. The van der Waals surface area contributed by atoms with Gasteiger partial charge in [0.05, 0.1) is 29.4 Å². The van der Waals surface area contributed by atoms with E-state index in [0.717, 1.165) is 22.3 Å². The molecule has 1 aliphatic rings. The highest BCUT2D eigenvalue weighted by Crippen LogP contribution is 2.33. The molecule has 0 aliphatic carbocycles. The molecule has 0 spiro atoms. The molecule has 1 saturated heterocycles. The predicted octanol–water partition coefficient (Wildman–Crippen LogP) is 3.35. The molecule has 31 heavy (non-hydrogen) atoms. The minimum atomic E-state index is -0.773. The lowest BCUT2D eigenvalue weighted by atomic mass is 10.2. The van der Waals surface area contributed by atoms with Gasteiger partial charge in [0.2, 0.25) is 0 Å². The van der Waals surface area contributed by atoms with Gasteiger partial charge in [-0.15, -0.1) is 0 Å². The first-order chi connectivity index (χ1) is 15.0. The van der Waals surface area contributed by atoms with Gasteiger partial charge in [-0.25, -0.2) is 0 Å². The fourth-order valence-electron chi connectivity index (χ4n) is 3.77. The Morgan fingerprint density at radius 2 is 1.97 bits per heavy atom. The first-order valence-corrected chi connectivity index (χ1v) is 10.8. The Balaban J connectivity index is 1.30. The summed E-state index contributed by atoms with van der Waals surface area (Å²) in [5.74, 6) is 0.464. The fraction of sp³-hybridized carbons (Fsp3) is 0.318. The fourth-order valence-corrected chi connectivity index (χ4v) is 4.18. The van der Waals surface area contributed by atoms with Crippen LogP contribution in [0.5, 0.6) is 5.75 Å². The third-order valence-electron chi connectivity index (χ3n) is 5.53. The number of nitrogens with one attached hydrogen (secondary N) is 2. The van der Waals surface area contributed by atoms with E-state index < -0.39 is 6.23 Å².